The molecule has 1 heterocycles. The van der Waals surface area contributed by atoms with Gasteiger partial charge in [-0.15, -0.1) is 0 Å². The Morgan fingerprint density at radius 3 is 1.11 bits per heavy atom. The fraction of sp³-hybridized carbons (Fsp3) is 0.758. The Morgan fingerprint density at radius 2 is 0.789 bits per heavy atom. The van der Waals surface area contributed by atoms with Gasteiger partial charge in [-0.05, 0) is 26.7 Å². The van der Waals surface area contributed by atoms with Crippen LogP contribution in [0.5, 0.6) is 0 Å². The normalized spacial score (nSPS) is 13.6. The zero-order valence-electron chi connectivity index (χ0n) is 25.0. The summed E-state index contributed by atoms with van der Waals surface area (Å²) in [6, 6.07) is 0. The van der Waals surface area contributed by atoms with Crippen molar-refractivity contribution < 1.29 is 19.2 Å². The molecule has 0 aromatic heterocycles. The maximum Gasteiger partial charge on any atom is 0.226 e. The first-order valence-corrected chi connectivity index (χ1v) is 15.6. The number of nitrogens with one attached hydrogen (secondary N) is 1. The minimum Gasteiger partial charge on any atom is -0.362 e. The van der Waals surface area contributed by atoms with Gasteiger partial charge in [0.1, 0.15) is 0 Å². The summed E-state index contributed by atoms with van der Waals surface area (Å²) >= 11 is 0. The minimum atomic E-state index is -0.515. The van der Waals surface area contributed by atoms with E-state index in [0.717, 1.165) is 38.5 Å². The van der Waals surface area contributed by atoms with E-state index in [1.54, 1.807) is 13.8 Å². The van der Waals surface area contributed by atoms with E-state index in [4.69, 9.17) is 0 Å². The van der Waals surface area contributed by atoms with Crippen LogP contribution in [0.1, 0.15) is 163 Å². The molecule has 0 unspecified atom stereocenters. The molecule has 0 bridgehead atoms. The maximum absolute atomic E-state index is 12.9. The van der Waals surface area contributed by atoms with Gasteiger partial charge in [-0.25, -0.2) is 0 Å². The van der Waals surface area contributed by atoms with Crippen molar-refractivity contribution in [2.45, 2.75) is 163 Å². The molecular weight excluding hydrogens is 474 g/mol. The Bertz CT molecular complexity index is 755. The van der Waals surface area contributed by atoms with E-state index >= 15 is 0 Å². The fourth-order valence-electron chi connectivity index (χ4n) is 5.13. The highest BCUT2D eigenvalue weighted by atomic mass is 16.2. The van der Waals surface area contributed by atoms with Gasteiger partial charge in [-0.1, -0.05) is 117 Å². The highest BCUT2D eigenvalue weighted by Gasteiger charge is 2.30. The van der Waals surface area contributed by atoms with Crippen LogP contribution in [0.4, 0.5) is 0 Å². The lowest BCUT2D eigenvalue weighted by Gasteiger charge is -2.22. The summed E-state index contributed by atoms with van der Waals surface area (Å²) in [5.41, 5.74) is 1.87. The molecule has 1 N–H and O–H groups in total. The lowest BCUT2D eigenvalue weighted by molar-refractivity contribution is -0.135. The van der Waals surface area contributed by atoms with Crippen LogP contribution in [0.25, 0.3) is 0 Å². The second-order valence-electron chi connectivity index (χ2n) is 11.2. The van der Waals surface area contributed by atoms with Crippen molar-refractivity contribution in [3.63, 3.8) is 0 Å². The lowest BCUT2D eigenvalue weighted by Crippen LogP contribution is -2.30. The Hall–Kier alpha value is -2.04. The second kappa shape index (κ2) is 20.9. The molecule has 1 rings (SSSR count). The highest BCUT2D eigenvalue weighted by Crippen LogP contribution is 2.26. The van der Waals surface area contributed by atoms with E-state index in [9.17, 15) is 19.2 Å². The fourth-order valence-corrected chi connectivity index (χ4v) is 5.13. The molecule has 38 heavy (non-hydrogen) atoms. The summed E-state index contributed by atoms with van der Waals surface area (Å²) in [5.74, 6) is -1.81. The molecule has 0 aromatic rings. The number of dihydropyridines is 1. The number of allylic oxidation sites excluding steroid dienone is 4. The Kier molecular flexibility index (Phi) is 18.7. The summed E-state index contributed by atoms with van der Waals surface area (Å²) in [7, 11) is 0. The second-order valence-corrected chi connectivity index (χ2v) is 11.2. The first-order chi connectivity index (χ1) is 18.3. The molecule has 0 saturated carbocycles. The topological polar surface area (TPSA) is 80.3 Å². The molecule has 0 aliphatic carbocycles. The smallest absolute Gasteiger partial charge is 0.226 e. The number of rotatable bonds is 24. The van der Waals surface area contributed by atoms with Crippen LogP contribution in [0.15, 0.2) is 22.5 Å². The number of Topliss-reactive ketones (excluding diaryl/α,β-unsaturated/α-hetero) is 4. The van der Waals surface area contributed by atoms with Crippen molar-refractivity contribution in [1.29, 1.82) is 0 Å². The highest BCUT2D eigenvalue weighted by molar-refractivity contribution is 6.46. The molecule has 0 amide bonds. The van der Waals surface area contributed by atoms with Gasteiger partial charge in [0.15, 0.2) is 0 Å². The maximum atomic E-state index is 12.9. The summed E-state index contributed by atoms with van der Waals surface area (Å²) in [4.78, 5) is 51.0. The van der Waals surface area contributed by atoms with Gasteiger partial charge < -0.3 is 5.32 Å². The van der Waals surface area contributed by atoms with Gasteiger partial charge in [0.25, 0.3) is 0 Å². The molecule has 0 fully saturated rings. The average Bonchev–Trinajstić information content (AvgIpc) is 2.90. The van der Waals surface area contributed by atoms with Gasteiger partial charge in [0, 0.05) is 41.8 Å². The van der Waals surface area contributed by atoms with Crippen LogP contribution in [0.3, 0.4) is 0 Å². The van der Waals surface area contributed by atoms with Crippen molar-refractivity contribution in [3.8, 4) is 0 Å². The van der Waals surface area contributed by atoms with Crippen molar-refractivity contribution in [2.24, 2.45) is 0 Å². The molecule has 1 aliphatic rings. The van der Waals surface area contributed by atoms with Gasteiger partial charge in [-0.3, -0.25) is 19.2 Å². The molecule has 0 spiro atoms. The number of carbonyl (C=O) groups is 4. The van der Waals surface area contributed by atoms with E-state index in [2.05, 4.69) is 19.2 Å². The predicted octanol–water partition coefficient (Wildman–Crippen LogP) is 8.65. The summed E-state index contributed by atoms with van der Waals surface area (Å²) < 4.78 is 0. The third-order valence-corrected chi connectivity index (χ3v) is 7.70. The minimum absolute atomic E-state index is 0.0648. The van der Waals surface area contributed by atoms with Crippen LogP contribution in [0, 0.1) is 0 Å². The van der Waals surface area contributed by atoms with Gasteiger partial charge in [0.05, 0.1) is 0 Å². The third-order valence-electron chi connectivity index (χ3n) is 7.70. The zero-order chi connectivity index (χ0) is 28.2. The van der Waals surface area contributed by atoms with Crippen molar-refractivity contribution in [2.75, 3.05) is 0 Å². The number of ketones is 4. The van der Waals surface area contributed by atoms with Crippen LogP contribution < -0.4 is 5.32 Å². The Morgan fingerprint density at radius 1 is 0.500 bits per heavy atom. The predicted molar refractivity (Wildman–Crippen MR) is 157 cm³/mol. The third kappa shape index (κ3) is 13.7. The molecular formula is C33H55NO4. The molecule has 0 radical (unpaired) electrons. The molecule has 5 nitrogen and oxygen atoms in total. The van der Waals surface area contributed by atoms with Crippen molar-refractivity contribution in [1.82, 2.24) is 5.32 Å². The number of unbranched alkanes of at least 4 members (excludes halogenated alkanes) is 16. The van der Waals surface area contributed by atoms with Crippen LogP contribution in [-0.2, 0) is 19.2 Å². The van der Waals surface area contributed by atoms with Gasteiger partial charge in [-0.2, -0.15) is 0 Å². The van der Waals surface area contributed by atoms with E-state index < -0.39 is 23.1 Å². The Labute approximate surface area is 232 Å². The van der Waals surface area contributed by atoms with Crippen molar-refractivity contribution in [3.05, 3.63) is 22.5 Å². The molecule has 0 saturated heterocycles. The van der Waals surface area contributed by atoms with Crippen molar-refractivity contribution >= 4 is 23.1 Å². The van der Waals surface area contributed by atoms with Gasteiger partial charge >= 0.3 is 0 Å². The molecule has 5 heteroatoms. The first kappa shape index (κ1) is 34.0. The Balaban J connectivity index is 2.40. The standard InChI is InChI=1S/C33H55NO4/c1-5-7-9-11-13-15-17-19-21-23-30(35)32(37)28-25-29(27(4)34-26(28)3)33(38)31(36)24-22-20-18-16-14-12-10-8-6-2/h34H,5-25H2,1-4H3. The molecule has 0 aromatic carbocycles. The van der Waals surface area contributed by atoms with Gasteiger partial charge in [0.2, 0.25) is 23.1 Å². The average molecular weight is 530 g/mol. The van der Waals surface area contributed by atoms with Crippen LogP contribution in [-0.4, -0.2) is 23.1 Å². The van der Waals surface area contributed by atoms with E-state index in [-0.39, 0.29) is 19.3 Å². The first-order valence-electron chi connectivity index (χ1n) is 15.6. The SMILES string of the molecule is CCCCCCCCCCCC(=O)C(=O)C1=C(C)NC(C)=C(C(=O)C(=O)CCCCCCCCCCC)C1. The number of hydrogen-bond donors (Lipinski definition) is 1. The summed E-state index contributed by atoms with van der Waals surface area (Å²) in [5, 5.41) is 3.07. The summed E-state index contributed by atoms with van der Waals surface area (Å²) in [6.07, 6.45) is 21.2. The largest absolute Gasteiger partial charge is 0.362 e. The zero-order valence-corrected chi connectivity index (χ0v) is 25.0. The lowest BCUT2D eigenvalue weighted by atomic mass is 9.88. The van der Waals surface area contributed by atoms with E-state index in [1.807, 2.05) is 0 Å². The van der Waals surface area contributed by atoms with Crippen LogP contribution in [0.2, 0.25) is 0 Å². The molecule has 0 atom stereocenters. The van der Waals surface area contributed by atoms with Crippen LogP contribution >= 0.6 is 0 Å². The van der Waals surface area contributed by atoms with E-state index in [0.29, 0.717) is 22.5 Å². The number of carbonyl (C=O) groups excluding carboxylic acids is 4. The van der Waals surface area contributed by atoms with E-state index in [1.165, 1.54) is 77.0 Å². The monoisotopic (exact) mass is 529 g/mol. The summed E-state index contributed by atoms with van der Waals surface area (Å²) in [6.45, 7) is 7.95. The molecule has 216 valence electrons. The number of hydrogen-bond acceptors (Lipinski definition) is 5. The molecule has 1 aliphatic heterocycles. The quantitative estimate of drug-likeness (QED) is 0.0999.